The molecule has 0 spiro atoms. The standard InChI is InChI=1S/C15H17N5/c16-14-8-12(19-20-14)10-5-6-11-13(7-10)18-15(17-11)9-3-1-2-4-9/h5-9H,1-4H2,(H,17,18)(H3,16,19,20). The summed E-state index contributed by atoms with van der Waals surface area (Å²) in [5, 5.41) is 6.91. The minimum Gasteiger partial charge on any atom is -0.382 e. The minimum atomic E-state index is 0.511. The molecule has 1 saturated carbocycles. The van der Waals surface area contributed by atoms with Crippen molar-refractivity contribution in [1.82, 2.24) is 20.2 Å². The highest BCUT2D eigenvalue weighted by Crippen LogP contribution is 2.33. The molecule has 2 heterocycles. The van der Waals surface area contributed by atoms with Crippen LogP contribution in [-0.2, 0) is 0 Å². The Morgan fingerprint density at radius 1 is 1.15 bits per heavy atom. The van der Waals surface area contributed by atoms with E-state index in [0.29, 0.717) is 11.7 Å². The third kappa shape index (κ3) is 1.86. The van der Waals surface area contributed by atoms with Crippen molar-refractivity contribution >= 4 is 16.9 Å². The Kier molecular flexibility index (Phi) is 2.52. The van der Waals surface area contributed by atoms with Gasteiger partial charge in [-0.25, -0.2) is 4.98 Å². The second-order valence-electron chi connectivity index (χ2n) is 5.54. The average Bonchev–Trinajstić information content (AvgIpc) is 3.17. The first kappa shape index (κ1) is 11.5. The number of aromatic amines is 2. The number of nitrogen functional groups attached to an aromatic ring is 1. The first-order valence-corrected chi connectivity index (χ1v) is 7.10. The third-order valence-corrected chi connectivity index (χ3v) is 4.15. The molecule has 102 valence electrons. The van der Waals surface area contributed by atoms with Gasteiger partial charge in [0.25, 0.3) is 0 Å². The van der Waals surface area contributed by atoms with E-state index in [1.165, 1.54) is 25.7 Å². The summed E-state index contributed by atoms with van der Waals surface area (Å²) in [7, 11) is 0. The largest absolute Gasteiger partial charge is 0.382 e. The van der Waals surface area contributed by atoms with Crippen LogP contribution >= 0.6 is 0 Å². The van der Waals surface area contributed by atoms with Crippen LogP contribution in [0.3, 0.4) is 0 Å². The van der Waals surface area contributed by atoms with Gasteiger partial charge in [-0.3, -0.25) is 5.10 Å². The van der Waals surface area contributed by atoms with Crippen molar-refractivity contribution in [2.75, 3.05) is 5.73 Å². The summed E-state index contributed by atoms with van der Waals surface area (Å²) in [6.07, 6.45) is 5.15. The lowest BCUT2D eigenvalue weighted by atomic mass is 10.1. The van der Waals surface area contributed by atoms with Crippen LogP contribution in [0.4, 0.5) is 5.82 Å². The lowest BCUT2D eigenvalue weighted by Crippen LogP contribution is -1.93. The second-order valence-corrected chi connectivity index (χ2v) is 5.54. The van der Waals surface area contributed by atoms with Crippen molar-refractivity contribution in [3.05, 3.63) is 30.1 Å². The van der Waals surface area contributed by atoms with Gasteiger partial charge in [0.1, 0.15) is 11.6 Å². The highest BCUT2D eigenvalue weighted by molar-refractivity contribution is 5.81. The van der Waals surface area contributed by atoms with Gasteiger partial charge in [-0.05, 0) is 25.0 Å². The van der Waals surface area contributed by atoms with Crippen LogP contribution in [0.5, 0.6) is 0 Å². The number of nitrogens with zero attached hydrogens (tertiary/aromatic N) is 2. The maximum absolute atomic E-state index is 5.65. The monoisotopic (exact) mass is 267 g/mol. The molecule has 1 fully saturated rings. The lowest BCUT2D eigenvalue weighted by molar-refractivity contribution is 0.681. The predicted octanol–water partition coefficient (Wildman–Crippen LogP) is 3.19. The van der Waals surface area contributed by atoms with E-state index in [1.807, 2.05) is 6.07 Å². The first-order chi connectivity index (χ1) is 9.79. The molecule has 1 aliphatic rings. The average molecular weight is 267 g/mol. The van der Waals surface area contributed by atoms with E-state index in [4.69, 9.17) is 10.7 Å². The zero-order chi connectivity index (χ0) is 13.5. The van der Waals surface area contributed by atoms with Crippen molar-refractivity contribution in [3.8, 4) is 11.3 Å². The Balaban J connectivity index is 1.75. The Bertz CT molecular complexity index is 749. The van der Waals surface area contributed by atoms with Crippen LogP contribution in [0, 0.1) is 0 Å². The van der Waals surface area contributed by atoms with Crippen molar-refractivity contribution in [3.63, 3.8) is 0 Å². The van der Waals surface area contributed by atoms with Crippen LogP contribution in [-0.4, -0.2) is 20.2 Å². The molecule has 0 aliphatic heterocycles. The number of nitrogens with two attached hydrogens (primary N) is 1. The van der Waals surface area contributed by atoms with Gasteiger partial charge in [-0.1, -0.05) is 18.9 Å². The summed E-state index contributed by atoms with van der Waals surface area (Å²) in [5.41, 5.74) is 9.77. The molecule has 0 bridgehead atoms. The Morgan fingerprint density at radius 3 is 2.75 bits per heavy atom. The normalized spacial score (nSPS) is 16.2. The number of hydrogen-bond acceptors (Lipinski definition) is 3. The topological polar surface area (TPSA) is 83.4 Å². The summed E-state index contributed by atoms with van der Waals surface area (Å²) in [5.74, 6) is 2.25. The number of fused-ring (bicyclic) bond motifs is 1. The number of imidazole rings is 1. The summed E-state index contributed by atoms with van der Waals surface area (Å²) in [6.45, 7) is 0. The van der Waals surface area contributed by atoms with Gasteiger partial charge < -0.3 is 10.7 Å². The minimum absolute atomic E-state index is 0.511. The first-order valence-electron chi connectivity index (χ1n) is 7.10. The van der Waals surface area contributed by atoms with Crippen molar-refractivity contribution in [2.24, 2.45) is 0 Å². The van der Waals surface area contributed by atoms with Gasteiger partial charge in [0.2, 0.25) is 0 Å². The molecular formula is C15H17N5. The zero-order valence-corrected chi connectivity index (χ0v) is 11.2. The summed E-state index contributed by atoms with van der Waals surface area (Å²) in [6, 6.07) is 8.05. The summed E-state index contributed by atoms with van der Waals surface area (Å²) < 4.78 is 0. The molecule has 2 aromatic heterocycles. The smallest absolute Gasteiger partial charge is 0.145 e. The molecule has 20 heavy (non-hydrogen) atoms. The Morgan fingerprint density at radius 2 is 2.00 bits per heavy atom. The maximum atomic E-state index is 5.65. The van der Waals surface area contributed by atoms with E-state index in [1.54, 1.807) is 0 Å². The SMILES string of the molecule is Nc1cc(-c2ccc3nc(C4CCCC4)[nH]c3c2)[nH]n1. The summed E-state index contributed by atoms with van der Waals surface area (Å²) in [4.78, 5) is 8.21. The fraction of sp³-hybridized carbons (Fsp3) is 0.333. The van der Waals surface area contributed by atoms with Gasteiger partial charge >= 0.3 is 0 Å². The van der Waals surface area contributed by atoms with Crippen molar-refractivity contribution in [1.29, 1.82) is 0 Å². The number of rotatable bonds is 2. The van der Waals surface area contributed by atoms with Crippen molar-refractivity contribution < 1.29 is 0 Å². The maximum Gasteiger partial charge on any atom is 0.145 e. The number of aromatic nitrogens is 4. The summed E-state index contributed by atoms with van der Waals surface area (Å²) >= 11 is 0. The highest BCUT2D eigenvalue weighted by Gasteiger charge is 2.20. The molecule has 0 amide bonds. The Labute approximate surface area is 116 Å². The predicted molar refractivity (Wildman–Crippen MR) is 79.3 cm³/mol. The number of benzene rings is 1. The van der Waals surface area contributed by atoms with Gasteiger partial charge in [0.15, 0.2) is 0 Å². The van der Waals surface area contributed by atoms with Crippen molar-refractivity contribution in [2.45, 2.75) is 31.6 Å². The van der Waals surface area contributed by atoms with Gasteiger partial charge in [-0.15, -0.1) is 0 Å². The quantitative estimate of drug-likeness (QED) is 0.666. The van der Waals surface area contributed by atoms with Gasteiger partial charge in [0, 0.05) is 17.5 Å². The Hall–Kier alpha value is -2.30. The number of hydrogen-bond donors (Lipinski definition) is 3. The molecule has 1 aromatic carbocycles. The van der Waals surface area contributed by atoms with Crippen LogP contribution in [0.25, 0.3) is 22.3 Å². The highest BCUT2D eigenvalue weighted by atomic mass is 15.2. The lowest BCUT2D eigenvalue weighted by Gasteiger charge is -2.02. The van der Waals surface area contributed by atoms with Gasteiger partial charge in [0.05, 0.1) is 16.7 Å². The molecule has 0 saturated heterocycles. The number of H-pyrrole nitrogens is 2. The molecule has 5 heteroatoms. The molecule has 0 atom stereocenters. The van der Waals surface area contributed by atoms with Crippen LogP contribution in [0.1, 0.15) is 37.4 Å². The zero-order valence-electron chi connectivity index (χ0n) is 11.2. The molecule has 5 nitrogen and oxygen atoms in total. The van der Waals surface area contributed by atoms with E-state index >= 15 is 0 Å². The van der Waals surface area contributed by atoms with E-state index in [9.17, 15) is 0 Å². The molecule has 0 unspecified atom stereocenters. The van der Waals surface area contributed by atoms with E-state index in [0.717, 1.165) is 28.1 Å². The van der Waals surface area contributed by atoms with Crippen LogP contribution < -0.4 is 5.73 Å². The van der Waals surface area contributed by atoms with Gasteiger partial charge in [-0.2, -0.15) is 5.10 Å². The fourth-order valence-corrected chi connectivity index (χ4v) is 3.07. The molecule has 4 rings (SSSR count). The van der Waals surface area contributed by atoms with E-state index in [-0.39, 0.29) is 0 Å². The van der Waals surface area contributed by atoms with E-state index in [2.05, 4.69) is 33.4 Å². The molecule has 4 N–H and O–H groups in total. The fourth-order valence-electron chi connectivity index (χ4n) is 3.07. The molecular weight excluding hydrogens is 250 g/mol. The van der Waals surface area contributed by atoms with Crippen LogP contribution in [0.15, 0.2) is 24.3 Å². The van der Waals surface area contributed by atoms with Crippen LogP contribution in [0.2, 0.25) is 0 Å². The molecule has 3 aromatic rings. The molecule has 0 radical (unpaired) electrons. The number of nitrogens with one attached hydrogen (secondary N) is 2. The molecule has 1 aliphatic carbocycles. The number of anilines is 1. The third-order valence-electron chi connectivity index (χ3n) is 4.15. The second kappa shape index (κ2) is 4.37. The van der Waals surface area contributed by atoms with E-state index < -0.39 is 0 Å².